The van der Waals surface area contributed by atoms with Gasteiger partial charge in [-0.25, -0.2) is 4.98 Å². The van der Waals surface area contributed by atoms with Gasteiger partial charge >= 0.3 is 6.18 Å². The molecule has 37 heavy (non-hydrogen) atoms. The van der Waals surface area contributed by atoms with Crippen molar-refractivity contribution in [1.82, 2.24) is 20.1 Å². The van der Waals surface area contributed by atoms with Crippen LogP contribution in [-0.4, -0.2) is 39.1 Å². The lowest BCUT2D eigenvalue weighted by Gasteiger charge is -2.20. The van der Waals surface area contributed by atoms with Gasteiger partial charge in [0.15, 0.2) is 5.65 Å². The molecule has 9 heteroatoms. The second-order valence-corrected chi connectivity index (χ2v) is 9.12. The average molecular weight is 504 g/mol. The normalized spacial score (nSPS) is 13.9. The van der Waals surface area contributed by atoms with Gasteiger partial charge in [-0.2, -0.15) is 18.3 Å². The molecule has 2 N–H and O–H groups in total. The number of rotatable bonds is 4. The maximum atomic E-state index is 13.8. The molecule has 6 nitrogen and oxygen atoms in total. The highest BCUT2D eigenvalue weighted by Crippen LogP contribution is 2.35. The minimum atomic E-state index is -4.52. The summed E-state index contributed by atoms with van der Waals surface area (Å²) in [7, 11) is 0. The summed E-state index contributed by atoms with van der Waals surface area (Å²) in [4.78, 5) is 19.2. The van der Waals surface area contributed by atoms with E-state index in [4.69, 9.17) is 0 Å². The average Bonchev–Trinajstić information content (AvgIpc) is 3.55. The Morgan fingerprint density at radius 2 is 1.89 bits per heavy atom. The van der Waals surface area contributed by atoms with Crippen molar-refractivity contribution in [3.8, 4) is 11.8 Å². The first kappa shape index (κ1) is 24.5. The monoisotopic (exact) mass is 503 g/mol. The summed E-state index contributed by atoms with van der Waals surface area (Å²) in [5.41, 5.74) is 2.74. The lowest BCUT2D eigenvalue weighted by molar-refractivity contribution is -0.138. The molecule has 0 aliphatic carbocycles. The summed E-state index contributed by atoms with van der Waals surface area (Å²) < 4.78 is 41.4. The van der Waals surface area contributed by atoms with Crippen molar-refractivity contribution in [2.24, 2.45) is 0 Å². The second kappa shape index (κ2) is 10.1. The Bertz CT molecular complexity index is 1520. The molecule has 0 spiro atoms. The number of carbonyl (C=O) groups is 1. The minimum absolute atomic E-state index is 0.0928. The van der Waals surface area contributed by atoms with E-state index in [0.717, 1.165) is 42.9 Å². The first-order chi connectivity index (χ1) is 17.8. The van der Waals surface area contributed by atoms with E-state index >= 15 is 0 Å². The maximum absolute atomic E-state index is 13.8. The van der Waals surface area contributed by atoms with Crippen molar-refractivity contribution in [3.05, 3.63) is 88.2 Å². The molecule has 1 aliphatic rings. The highest BCUT2D eigenvalue weighted by Gasteiger charge is 2.34. The third-order valence-corrected chi connectivity index (χ3v) is 6.40. The molecule has 1 amide bonds. The van der Waals surface area contributed by atoms with Crippen LogP contribution in [0.4, 0.5) is 18.9 Å². The number of H-pyrrole nitrogens is 1. The Hall–Kier alpha value is -4.16. The number of anilines is 1. The molecule has 5 rings (SSSR count). The molecule has 4 aromatic rings. The Morgan fingerprint density at radius 1 is 1.08 bits per heavy atom. The summed E-state index contributed by atoms with van der Waals surface area (Å²) >= 11 is 0. The first-order valence-corrected chi connectivity index (χ1v) is 11.9. The van der Waals surface area contributed by atoms with Gasteiger partial charge in [0.2, 0.25) is 0 Å². The molecular weight excluding hydrogens is 479 g/mol. The fourth-order valence-electron chi connectivity index (χ4n) is 4.38. The van der Waals surface area contributed by atoms with Crippen LogP contribution in [0.3, 0.4) is 0 Å². The molecular formula is C28H24F3N5O. The Balaban J connectivity index is 1.36. The Kier molecular flexibility index (Phi) is 6.68. The first-order valence-electron chi connectivity index (χ1n) is 11.9. The number of pyridine rings is 1. The number of aromatic nitrogens is 3. The smallest absolute Gasteiger partial charge is 0.322 e. The molecule has 0 radical (unpaired) electrons. The van der Waals surface area contributed by atoms with E-state index in [-0.39, 0.29) is 17.8 Å². The molecule has 0 atom stereocenters. The number of carbonyl (C=O) groups excluding carboxylic acids is 1. The number of nitrogens with zero attached hydrogens (tertiary/aromatic N) is 3. The van der Waals surface area contributed by atoms with Gasteiger partial charge in [-0.15, -0.1) is 0 Å². The number of alkyl halides is 3. The van der Waals surface area contributed by atoms with Gasteiger partial charge in [-0.3, -0.25) is 14.8 Å². The van der Waals surface area contributed by atoms with Gasteiger partial charge in [-0.05, 0) is 74.3 Å². The minimum Gasteiger partial charge on any atom is -0.322 e. The number of fused-ring (bicyclic) bond motifs is 1. The van der Waals surface area contributed by atoms with Crippen LogP contribution in [0.25, 0.3) is 11.0 Å². The van der Waals surface area contributed by atoms with Crippen molar-refractivity contribution in [2.45, 2.75) is 32.5 Å². The predicted octanol–water partition coefficient (Wildman–Crippen LogP) is 5.53. The number of likely N-dealkylation sites (tertiary alicyclic amines) is 1. The zero-order chi connectivity index (χ0) is 26.0. The highest BCUT2D eigenvalue weighted by atomic mass is 19.4. The molecule has 2 aromatic heterocycles. The van der Waals surface area contributed by atoms with Crippen LogP contribution < -0.4 is 5.32 Å². The van der Waals surface area contributed by atoms with Crippen LogP contribution in [0.2, 0.25) is 0 Å². The van der Waals surface area contributed by atoms with Gasteiger partial charge in [0.1, 0.15) is 0 Å². The summed E-state index contributed by atoms with van der Waals surface area (Å²) in [6.07, 6.45) is 0.762. The van der Waals surface area contributed by atoms with Crippen LogP contribution in [0.1, 0.15) is 51.0 Å². The number of hydrogen-bond acceptors (Lipinski definition) is 4. The number of nitrogens with one attached hydrogen (secondary N) is 2. The third-order valence-electron chi connectivity index (χ3n) is 6.40. The van der Waals surface area contributed by atoms with Crippen LogP contribution in [0.15, 0.2) is 54.9 Å². The molecule has 2 aromatic carbocycles. The van der Waals surface area contributed by atoms with Gasteiger partial charge in [0.05, 0.1) is 11.8 Å². The van der Waals surface area contributed by atoms with E-state index in [2.05, 4.69) is 32.3 Å². The summed E-state index contributed by atoms with van der Waals surface area (Å²) in [6, 6.07) is 10.9. The molecule has 1 saturated heterocycles. The quantitative estimate of drug-likeness (QED) is 0.359. The molecule has 0 saturated carbocycles. The summed E-state index contributed by atoms with van der Waals surface area (Å²) in [5, 5.41) is 10.2. The number of benzene rings is 2. The fraction of sp³-hybridized carbons (Fsp3) is 0.250. The van der Waals surface area contributed by atoms with E-state index in [1.54, 1.807) is 30.6 Å². The number of amides is 1. The zero-order valence-electron chi connectivity index (χ0n) is 20.1. The van der Waals surface area contributed by atoms with E-state index in [1.807, 2.05) is 17.9 Å². The van der Waals surface area contributed by atoms with Crippen molar-refractivity contribution >= 4 is 22.6 Å². The molecule has 3 heterocycles. The van der Waals surface area contributed by atoms with E-state index in [0.29, 0.717) is 22.3 Å². The van der Waals surface area contributed by atoms with Gasteiger partial charge in [0.25, 0.3) is 5.91 Å². The van der Waals surface area contributed by atoms with E-state index in [1.165, 1.54) is 12.1 Å². The molecule has 1 fully saturated rings. The number of aromatic amines is 1. The van der Waals surface area contributed by atoms with Gasteiger partial charge in [-0.1, -0.05) is 24.0 Å². The highest BCUT2D eigenvalue weighted by molar-refractivity contribution is 6.04. The lowest BCUT2D eigenvalue weighted by Crippen LogP contribution is -2.21. The molecule has 0 bridgehead atoms. The molecule has 0 unspecified atom stereocenters. The van der Waals surface area contributed by atoms with Crippen LogP contribution >= 0.6 is 0 Å². The topological polar surface area (TPSA) is 73.9 Å². The van der Waals surface area contributed by atoms with Crippen molar-refractivity contribution in [1.29, 1.82) is 0 Å². The SMILES string of the molecule is Cc1ccc(C(=O)Nc2ccc(CN3CCCC3)c(C(F)(F)F)c2)cc1C#Cc1cnc2[nH]ncc2c1. The summed E-state index contributed by atoms with van der Waals surface area (Å²) in [6.45, 7) is 3.70. The van der Waals surface area contributed by atoms with Crippen LogP contribution in [-0.2, 0) is 12.7 Å². The molecule has 188 valence electrons. The van der Waals surface area contributed by atoms with Gasteiger partial charge < -0.3 is 5.32 Å². The second-order valence-electron chi connectivity index (χ2n) is 9.12. The summed E-state index contributed by atoms with van der Waals surface area (Å²) in [5.74, 6) is 5.60. The van der Waals surface area contributed by atoms with Crippen molar-refractivity contribution in [2.75, 3.05) is 18.4 Å². The Morgan fingerprint density at radius 3 is 2.68 bits per heavy atom. The van der Waals surface area contributed by atoms with E-state index < -0.39 is 17.6 Å². The standard InChI is InChI=1S/C28H24F3N5O/c1-18-4-6-21(13-20(18)7-5-19-12-23-16-33-35-26(23)32-15-19)27(37)34-24-9-8-22(17-36-10-2-3-11-36)25(14-24)28(29,30)31/h4,6,8-9,12-16H,2-3,10-11,17H2,1H3,(H,34,37)(H,32,33,35). The van der Waals surface area contributed by atoms with Gasteiger partial charge in [0, 0.05) is 40.5 Å². The number of aryl methyl sites for hydroxylation is 1. The number of halogens is 3. The fourth-order valence-corrected chi connectivity index (χ4v) is 4.38. The van der Waals surface area contributed by atoms with Crippen molar-refractivity contribution in [3.63, 3.8) is 0 Å². The van der Waals surface area contributed by atoms with Crippen LogP contribution in [0, 0.1) is 18.8 Å². The zero-order valence-corrected chi connectivity index (χ0v) is 20.1. The van der Waals surface area contributed by atoms with E-state index in [9.17, 15) is 18.0 Å². The lowest BCUT2D eigenvalue weighted by atomic mass is 10.0. The maximum Gasteiger partial charge on any atom is 0.416 e. The Labute approximate surface area is 211 Å². The van der Waals surface area contributed by atoms with Crippen molar-refractivity contribution < 1.29 is 18.0 Å². The third kappa shape index (κ3) is 5.65. The predicted molar refractivity (Wildman–Crippen MR) is 135 cm³/mol. The largest absolute Gasteiger partial charge is 0.416 e. The number of hydrogen-bond donors (Lipinski definition) is 2. The van der Waals surface area contributed by atoms with Crippen LogP contribution in [0.5, 0.6) is 0 Å². The molecule has 1 aliphatic heterocycles.